The van der Waals surface area contributed by atoms with Crippen molar-refractivity contribution < 1.29 is 4.79 Å². The average molecular weight is 198 g/mol. The first-order valence-corrected chi connectivity index (χ1v) is 5.49. The quantitative estimate of drug-likeness (QED) is 0.702. The topological polar surface area (TPSA) is 41.1 Å². The lowest BCUT2D eigenvalue weighted by atomic mass is 9.96. The van der Waals surface area contributed by atoms with Crippen LogP contribution in [0.4, 0.5) is 0 Å². The zero-order valence-corrected chi connectivity index (χ0v) is 9.68. The molecule has 1 heterocycles. The maximum Gasteiger partial charge on any atom is 0.225 e. The minimum Gasteiger partial charge on any atom is -0.351 e. The monoisotopic (exact) mass is 198 g/mol. The molecule has 3 heteroatoms. The van der Waals surface area contributed by atoms with E-state index in [2.05, 4.69) is 17.6 Å². The van der Waals surface area contributed by atoms with Crippen LogP contribution in [0.2, 0.25) is 0 Å². The molecule has 2 N–H and O–H groups in total. The summed E-state index contributed by atoms with van der Waals surface area (Å²) in [5.41, 5.74) is -0.113. The minimum absolute atomic E-state index is 0.113. The van der Waals surface area contributed by atoms with Gasteiger partial charge in [0.25, 0.3) is 0 Å². The summed E-state index contributed by atoms with van der Waals surface area (Å²) in [5.74, 6) is 0.369. The lowest BCUT2D eigenvalue weighted by Gasteiger charge is -2.25. The van der Waals surface area contributed by atoms with E-state index in [1.807, 2.05) is 20.8 Å². The Morgan fingerprint density at radius 3 is 2.64 bits per heavy atom. The summed E-state index contributed by atoms with van der Waals surface area (Å²) >= 11 is 0. The van der Waals surface area contributed by atoms with Crippen molar-refractivity contribution in [2.24, 2.45) is 5.92 Å². The van der Waals surface area contributed by atoms with Gasteiger partial charge in [0.15, 0.2) is 0 Å². The molecule has 0 radical (unpaired) electrons. The molecule has 0 bridgehead atoms. The third-order valence-electron chi connectivity index (χ3n) is 2.62. The van der Waals surface area contributed by atoms with Crippen LogP contribution in [0.1, 0.15) is 40.5 Å². The van der Waals surface area contributed by atoms with E-state index in [0.29, 0.717) is 6.04 Å². The molecule has 1 rings (SSSR count). The SMILES string of the molecule is CCC1NCCC1C(=O)NC(C)(C)C. The average Bonchev–Trinajstić information content (AvgIpc) is 2.47. The smallest absolute Gasteiger partial charge is 0.225 e. The number of rotatable bonds is 2. The molecular weight excluding hydrogens is 176 g/mol. The largest absolute Gasteiger partial charge is 0.351 e. The van der Waals surface area contributed by atoms with Crippen molar-refractivity contribution in [3.8, 4) is 0 Å². The molecule has 3 nitrogen and oxygen atoms in total. The minimum atomic E-state index is -0.113. The third-order valence-corrected chi connectivity index (χ3v) is 2.62. The molecule has 1 fully saturated rings. The molecule has 0 aromatic heterocycles. The van der Waals surface area contributed by atoms with Crippen molar-refractivity contribution >= 4 is 5.91 Å². The van der Waals surface area contributed by atoms with Gasteiger partial charge in [0, 0.05) is 11.6 Å². The summed E-state index contributed by atoms with van der Waals surface area (Å²) in [6.07, 6.45) is 2.00. The van der Waals surface area contributed by atoms with Crippen molar-refractivity contribution in [2.45, 2.75) is 52.1 Å². The molecule has 2 unspecified atom stereocenters. The van der Waals surface area contributed by atoms with E-state index in [9.17, 15) is 4.79 Å². The fourth-order valence-electron chi connectivity index (χ4n) is 1.97. The van der Waals surface area contributed by atoms with E-state index in [0.717, 1.165) is 19.4 Å². The molecule has 2 atom stereocenters. The zero-order chi connectivity index (χ0) is 10.8. The Kier molecular flexibility index (Phi) is 3.53. The van der Waals surface area contributed by atoms with Crippen LogP contribution in [-0.4, -0.2) is 24.0 Å². The number of carbonyl (C=O) groups is 1. The molecule has 1 aliphatic rings. The van der Waals surface area contributed by atoms with Gasteiger partial charge in [0.2, 0.25) is 5.91 Å². The second kappa shape index (κ2) is 4.30. The van der Waals surface area contributed by atoms with E-state index in [-0.39, 0.29) is 17.4 Å². The molecule has 82 valence electrons. The summed E-state index contributed by atoms with van der Waals surface area (Å²) in [5, 5.41) is 6.41. The van der Waals surface area contributed by atoms with Crippen molar-refractivity contribution in [2.75, 3.05) is 6.54 Å². The lowest BCUT2D eigenvalue weighted by molar-refractivity contribution is -0.126. The molecule has 0 aliphatic carbocycles. The van der Waals surface area contributed by atoms with Gasteiger partial charge in [-0.15, -0.1) is 0 Å². The fourth-order valence-corrected chi connectivity index (χ4v) is 1.97. The molecule has 1 saturated heterocycles. The maximum absolute atomic E-state index is 11.9. The second-order valence-corrected chi connectivity index (χ2v) is 5.10. The van der Waals surface area contributed by atoms with Crippen LogP contribution in [0.15, 0.2) is 0 Å². The highest BCUT2D eigenvalue weighted by Gasteiger charge is 2.32. The van der Waals surface area contributed by atoms with Crippen molar-refractivity contribution in [1.29, 1.82) is 0 Å². The fraction of sp³-hybridized carbons (Fsp3) is 0.909. The van der Waals surface area contributed by atoms with Crippen LogP contribution < -0.4 is 10.6 Å². The van der Waals surface area contributed by atoms with Gasteiger partial charge in [-0.3, -0.25) is 4.79 Å². The number of hydrogen-bond acceptors (Lipinski definition) is 2. The van der Waals surface area contributed by atoms with Gasteiger partial charge < -0.3 is 10.6 Å². The standard InChI is InChI=1S/C11H22N2O/c1-5-9-8(6-7-12-9)10(14)13-11(2,3)4/h8-9,12H,5-7H2,1-4H3,(H,13,14). The van der Waals surface area contributed by atoms with Crippen molar-refractivity contribution in [3.63, 3.8) is 0 Å². The molecule has 0 aromatic carbocycles. The Morgan fingerprint density at radius 2 is 2.14 bits per heavy atom. The Balaban J connectivity index is 2.52. The predicted octanol–water partition coefficient (Wildman–Crippen LogP) is 1.29. The summed E-state index contributed by atoms with van der Waals surface area (Å²) in [7, 11) is 0. The van der Waals surface area contributed by atoms with E-state index >= 15 is 0 Å². The van der Waals surface area contributed by atoms with Gasteiger partial charge in [0.05, 0.1) is 5.92 Å². The first-order valence-electron chi connectivity index (χ1n) is 5.49. The highest BCUT2D eigenvalue weighted by molar-refractivity contribution is 5.80. The van der Waals surface area contributed by atoms with Gasteiger partial charge in [-0.25, -0.2) is 0 Å². The van der Waals surface area contributed by atoms with Gasteiger partial charge in [-0.2, -0.15) is 0 Å². The molecule has 14 heavy (non-hydrogen) atoms. The van der Waals surface area contributed by atoms with Gasteiger partial charge in [-0.05, 0) is 40.2 Å². The Morgan fingerprint density at radius 1 is 1.50 bits per heavy atom. The molecule has 1 amide bonds. The Labute approximate surface area is 86.6 Å². The normalized spacial score (nSPS) is 27.7. The van der Waals surface area contributed by atoms with E-state index in [1.165, 1.54) is 0 Å². The highest BCUT2D eigenvalue weighted by atomic mass is 16.2. The molecule has 0 spiro atoms. The van der Waals surface area contributed by atoms with Crippen molar-refractivity contribution in [3.05, 3.63) is 0 Å². The van der Waals surface area contributed by atoms with Gasteiger partial charge in [-0.1, -0.05) is 6.92 Å². The highest BCUT2D eigenvalue weighted by Crippen LogP contribution is 2.19. The first kappa shape index (κ1) is 11.5. The van der Waals surface area contributed by atoms with Crippen molar-refractivity contribution in [1.82, 2.24) is 10.6 Å². The van der Waals surface area contributed by atoms with Gasteiger partial charge >= 0.3 is 0 Å². The van der Waals surface area contributed by atoms with Crippen LogP contribution in [0.25, 0.3) is 0 Å². The zero-order valence-electron chi connectivity index (χ0n) is 9.68. The number of hydrogen-bond donors (Lipinski definition) is 2. The summed E-state index contributed by atoms with van der Waals surface area (Å²) in [6, 6.07) is 0.373. The molecule has 0 saturated carbocycles. The molecule has 0 aromatic rings. The first-order chi connectivity index (χ1) is 6.44. The maximum atomic E-state index is 11.9. The Bertz CT molecular complexity index is 208. The van der Waals surface area contributed by atoms with E-state index in [4.69, 9.17) is 0 Å². The summed E-state index contributed by atoms with van der Waals surface area (Å²) < 4.78 is 0. The Hall–Kier alpha value is -0.570. The van der Waals surface area contributed by atoms with Gasteiger partial charge in [0.1, 0.15) is 0 Å². The number of amides is 1. The lowest BCUT2D eigenvalue weighted by Crippen LogP contribution is -2.46. The molecule has 1 aliphatic heterocycles. The third kappa shape index (κ3) is 2.98. The van der Waals surface area contributed by atoms with E-state index in [1.54, 1.807) is 0 Å². The summed E-state index contributed by atoms with van der Waals surface area (Å²) in [6.45, 7) is 9.16. The molecular formula is C11H22N2O. The van der Waals surface area contributed by atoms with Crippen LogP contribution in [0.5, 0.6) is 0 Å². The van der Waals surface area contributed by atoms with Crippen LogP contribution in [-0.2, 0) is 4.79 Å². The van der Waals surface area contributed by atoms with Crippen LogP contribution in [0.3, 0.4) is 0 Å². The number of nitrogens with one attached hydrogen (secondary N) is 2. The predicted molar refractivity (Wildman–Crippen MR) is 58.1 cm³/mol. The second-order valence-electron chi connectivity index (χ2n) is 5.10. The summed E-state index contributed by atoms with van der Waals surface area (Å²) in [4.78, 5) is 11.9. The van der Waals surface area contributed by atoms with Crippen LogP contribution in [0, 0.1) is 5.92 Å². The van der Waals surface area contributed by atoms with E-state index < -0.39 is 0 Å². The number of carbonyl (C=O) groups excluding carboxylic acids is 1. The van der Waals surface area contributed by atoms with Crippen LogP contribution >= 0.6 is 0 Å².